The molecule has 3 heterocycles. The molecular weight excluding hydrogens is 461 g/mol. The van der Waals surface area contributed by atoms with E-state index in [1.807, 2.05) is 0 Å². The zero-order valence-corrected chi connectivity index (χ0v) is 19.6. The van der Waals surface area contributed by atoms with Crippen LogP contribution < -0.4 is 10.0 Å². The van der Waals surface area contributed by atoms with Gasteiger partial charge in [0.05, 0.1) is 24.6 Å². The van der Waals surface area contributed by atoms with E-state index in [4.69, 9.17) is 9.47 Å². The lowest BCUT2D eigenvalue weighted by Gasteiger charge is -2.39. The van der Waals surface area contributed by atoms with Gasteiger partial charge in [0.25, 0.3) is 0 Å². The van der Waals surface area contributed by atoms with Gasteiger partial charge < -0.3 is 14.8 Å². The zero-order chi connectivity index (χ0) is 23.9. The lowest BCUT2D eigenvalue weighted by molar-refractivity contribution is -0.206. The topological polar surface area (TPSA) is 107 Å². The van der Waals surface area contributed by atoms with E-state index in [9.17, 15) is 13.4 Å². The number of hydrogen-bond donors (Lipinski definition) is 2. The Balaban J connectivity index is 1.39. The first-order valence-electron chi connectivity index (χ1n) is 10.8. The van der Waals surface area contributed by atoms with E-state index < -0.39 is 22.6 Å². The average molecular weight is 486 g/mol. The highest BCUT2D eigenvalue weighted by Crippen LogP contribution is 2.39. The van der Waals surface area contributed by atoms with Crippen LogP contribution in [0.3, 0.4) is 0 Å². The number of carbonyl (C=O) groups excluding carboxylic acids is 1. The smallest absolute Gasteiger partial charge is 0.331 e. The summed E-state index contributed by atoms with van der Waals surface area (Å²) in [6.07, 6.45) is 5.29. The molecule has 11 heteroatoms. The Hall–Kier alpha value is -3.15. The normalized spacial score (nSPS) is 17.0. The lowest BCUT2D eigenvalue weighted by Crippen LogP contribution is -2.49. The van der Waals surface area contributed by atoms with Gasteiger partial charge >= 0.3 is 6.03 Å². The number of aryl methyl sites for hydroxylation is 1. The zero-order valence-electron chi connectivity index (χ0n) is 18.8. The fourth-order valence-corrected chi connectivity index (χ4v) is 5.25. The Kier molecular flexibility index (Phi) is 5.92. The second-order valence-electron chi connectivity index (χ2n) is 8.34. The van der Waals surface area contributed by atoms with E-state index in [1.165, 1.54) is 6.07 Å². The van der Waals surface area contributed by atoms with Gasteiger partial charge in [-0.05, 0) is 42.5 Å². The quantitative estimate of drug-likeness (QED) is 0.556. The van der Waals surface area contributed by atoms with Crippen molar-refractivity contribution in [2.24, 2.45) is 7.05 Å². The van der Waals surface area contributed by atoms with Crippen LogP contribution in [-0.2, 0) is 45.9 Å². The molecule has 0 bridgehead atoms. The first-order chi connectivity index (χ1) is 16.4. The summed E-state index contributed by atoms with van der Waals surface area (Å²) in [7, 11) is 1.38. The van der Waals surface area contributed by atoms with Crippen molar-refractivity contribution in [1.29, 1.82) is 0 Å². The minimum Gasteiger partial charge on any atom is -0.374 e. The number of urea groups is 1. The molecule has 1 saturated heterocycles. The molecule has 2 N–H and O–H groups in total. The van der Waals surface area contributed by atoms with Gasteiger partial charge in [-0.3, -0.25) is 14.4 Å². The molecular formula is C23H24FN5O4S. The fraction of sp³-hybridized carbons (Fsp3) is 0.348. The molecule has 3 aromatic rings. The van der Waals surface area contributed by atoms with Gasteiger partial charge in [0.1, 0.15) is 5.82 Å². The Morgan fingerprint density at radius 3 is 2.76 bits per heavy atom. The van der Waals surface area contributed by atoms with Crippen LogP contribution in [0.1, 0.15) is 23.2 Å². The molecule has 1 atom stereocenters. The Morgan fingerprint density at radius 1 is 1.29 bits per heavy atom. The third-order valence-corrected chi connectivity index (χ3v) is 7.27. The SMILES string of the molecule is COC1(c2cc(S(=O)NC(=O)Nc3c(-c4cccnc4)cc(F)c4c3CCC4)nn2C)COC1. The second kappa shape index (κ2) is 8.90. The Morgan fingerprint density at radius 2 is 2.09 bits per heavy atom. The summed E-state index contributed by atoms with van der Waals surface area (Å²) >= 11 is 0. The number of rotatable bonds is 6. The summed E-state index contributed by atoms with van der Waals surface area (Å²) < 4.78 is 42.5. The van der Waals surface area contributed by atoms with Crippen LogP contribution in [0, 0.1) is 5.82 Å². The average Bonchev–Trinajstić information content (AvgIpc) is 3.44. The maximum absolute atomic E-state index is 14.8. The van der Waals surface area contributed by atoms with E-state index in [-0.39, 0.29) is 10.8 Å². The van der Waals surface area contributed by atoms with Crippen LogP contribution in [-0.4, -0.2) is 45.3 Å². The predicted molar refractivity (Wildman–Crippen MR) is 123 cm³/mol. The molecule has 1 fully saturated rings. The van der Waals surface area contributed by atoms with Gasteiger partial charge in [-0.15, -0.1) is 0 Å². The number of aromatic nitrogens is 3. The van der Waals surface area contributed by atoms with Gasteiger partial charge in [-0.2, -0.15) is 5.10 Å². The second-order valence-corrected chi connectivity index (χ2v) is 9.50. The molecule has 9 nitrogen and oxygen atoms in total. The van der Waals surface area contributed by atoms with Crippen molar-refractivity contribution in [1.82, 2.24) is 19.5 Å². The van der Waals surface area contributed by atoms with E-state index in [2.05, 4.69) is 20.1 Å². The number of carbonyl (C=O) groups is 1. The van der Waals surface area contributed by atoms with E-state index in [1.54, 1.807) is 49.4 Å². The number of benzene rings is 1. The van der Waals surface area contributed by atoms with Crippen LogP contribution >= 0.6 is 0 Å². The van der Waals surface area contributed by atoms with Crippen LogP contribution in [0.4, 0.5) is 14.9 Å². The Labute approximate surface area is 198 Å². The number of amides is 2. The summed E-state index contributed by atoms with van der Waals surface area (Å²) in [6.45, 7) is 0.742. The predicted octanol–water partition coefficient (Wildman–Crippen LogP) is 2.83. The number of halogens is 1. The van der Waals surface area contributed by atoms with Crippen molar-refractivity contribution in [3.05, 3.63) is 59.3 Å². The molecule has 5 rings (SSSR count). The third-order valence-electron chi connectivity index (χ3n) is 6.32. The number of anilines is 1. The first-order valence-corrected chi connectivity index (χ1v) is 12.0. The van der Waals surface area contributed by atoms with E-state index >= 15 is 0 Å². The summed E-state index contributed by atoms with van der Waals surface area (Å²) in [4.78, 5) is 17.0. The van der Waals surface area contributed by atoms with Gasteiger partial charge in [0, 0.05) is 43.7 Å². The number of nitrogens with one attached hydrogen (secondary N) is 2. The van der Waals surface area contributed by atoms with Crippen LogP contribution in [0.5, 0.6) is 0 Å². The van der Waals surface area contributed by atoms with Gasteiger partial charge in [-0.1, -0.05) is 6.07 Å². The number of pyridine rings is 1. The number of ether oxygens (including phenoxy) is 2. The van der Waals surface area contributed by atoms with Crippen LogP contribution in [0.25, 0.3) is 11.1 Å². The standard InChI is InChI=1S/C23H24FN5O4S/c1-29-19(23(32-2)12-33-13-23)10-20(27-29)34(31)28-22(30)26-21-16-7-3-6-15(16)18(24)9-17(21)14-5-4-8-25-11-14/h4-5,8-11H,3,6-7,12-13H2,1-2H3,(H2,26,28,30). The molecule has 2 aromatic heterocycles. The first kappa shape index (κ1) is 22.6. The summed E-state index contributed by atoms with van der Waals surface area (Å²) in [6, 6.07) is 5.93. The number of methoxy groups -OCH3 is 1. The Bertz CT molecular complexity index is 1270. The molecule has 34 heavy (non-hydrogen) atoms. The molecule has 1 aromatic carbocycles. The maximum atomic E-state index is 14.8. The molecule has 1 unspecified atom stereocenters. The third kappa shape index (κ3) is 3.89. The number of nitrogens with zero attached hydrogens (tertiary/aromatic N) is 3. The minimum atomic E-state index is -1.92. The van der Waals surface area contributed by atoms with Crippen molar-refractivity contribution in [2.45, 2.75) is 29.9 Å². The monoisotopic (exact) mass is 485 g/mol. The molecule has 1 aliphatic carbocycles. The molecule has 0 radical (unpaired) electrons. The van der Waals surface area contributed by atoms with Gasteiger partial charge in [0.2, 0.25) is 0 Å². The minimum absolute atomic E-state index is 0.188. The van der Waals surface area contributed by atoms with Crippen molar-refractivity contribution in [2.75, 3.05) is 25.6 Å². The maximum Gasteiger partial charge on any atom is 0.331 e. The molecule has 1 aliphatic heterocycles. The van der Waals surface area contributed by atoms with Crippen molar-refractivity contribution >= 4 is 22.7 Å². The highest BCUT2D eigenvalue weighted by Gasteiger charge is 2.43. The van der Waals surface area contributed by atoms with Gasteiger partial charge in [-0.25, -0.2) is 13.4 Å². The van der Waals surface area contributed by atoms with Crippen molar-refractivity contribution < 1.29 is 22.9 Å². The van der Waals surface area contributed by atoms with Crippen molar-refractivity contribution in [3.63, 3.8) is 0 Å². The van der Waals surface area contributed by atoms with Crippen LogP contribution in [0.15, 0.2) is 41.7 Å². The molecule has 2 aliphatic rings. The number of fused-ring (bicyclic) bond motifs is 1. The molecule has 0 saturated carbocycles. The summed E-state index contributed by atoms with van der Waals surface area (Å²) in [5.41, 5.74) is 3.14. The highest BCUT2D eigenvalue weighted by molar-refractivity contribution is 7.83. The highest BCUT2D eigenvalue weighted by atomic mass is 32.2. The van der Waals surface area contributed by atoms with E-state index in [0.29, 0.717) is 54.1 Å². The van der Waals surface area contributed by atoms with Crippen molar-refractivity contribution in [3.8, 4) is 11.1 Å². The summed E-state index contributed by atoms with van der Waals surface area (Å²) in [5.74, 6) is -0.297. The molecule has 0 spiro atoms. The molecule has 2 amide bonds. The lowest BCUT2D eigenvalue weighted by atomic mass is 9.97. The summed E-state index contributed by atoms with van der Waals surface area (Å²) in [5, 5.41) is 7.28. The number of hydrogen-bond acceptors (Lipinski definition) is 6. The largest absolute Gasteiger partial charge is 0.374 e. The van der Waals surface area contributed by atoms with Crippen LogP contribution in [0.2, 0.25) is 0 Å². The fourth-order valence-electron chi connectivity index (χ4n) is 4.52. The van der Waals surface area contributed by atoms with Gasteiger partial charge in [0.15, 0.2) is 21.6 Å². The molecule has 178 valence electrons. The van der Waals surface area contributed by atoms with E-state index in [0.717, 1.165) is 12.0 Å².